The maximum Gasteiger partial charge on any atom is 0.266 e. The molecule has 30 heavy (non-hydrogen) atoms. The van der Waals surface area contributed by atoms with E-state index in [4.69, 9.17) is 0 Å². The number of fused-ring (bicyclic) bond motifs is 1. The highest BCUT2D eigenvalue weighted by Gasteiger charge is 2.20. The molecule has 0 radical (unpaired) electrons. The van der Waals surface area contributed by atoms with Crippen molar-refractivity contribution < 1.29 is 4.79 Å². The summed E-state index contributed by atoms with van der Waals surface area (Å²) in [7, 11) is 0. The number of amides is 1. The zero-order chi connectivity index (χ0) is 21.8. The molecule has 3 aromatic rings. The molecule has 1 aromatic carbocycles. The van der Waals surface area contributed by atoms with E-state index in [0.29, 0.717) is 25.8 Å². The Morgan fingerprint density at radius 1 is 1.23 bits per heavy atom. The maximum atomic E-state index is 12.9. The number of anilines is 1. The Labute approximate surface area is 185 Å². The lowest BCUT2D eigenvalue weighted by molar-refractivity contribution is 0.103. The SMILES string of the molecule is CCN(CC)CCSc1nc2sc(C(=O)Nc3ccc(C)cc3C)c(C)c2c(=O)[nH]1. The van der Waals surface area contributed by atoms with Crippen LogP contribution in [0.2, 0.25) is 0 Å². The van der Waals surface area contributed by atoms with Gasteiger partial charge in [-0.1, -0.05) is 43.3 Å². The van der Waals surface area contributed by atoms with Crippen LogP contribution in [0, 0.1) is 20.8 Å². The fraction of sp³-hybridized carbons (Fsp3) is 0.409. The minimum Gasteiger partial charge on any atom is -0.321 e. The standard InChI is InChI=1S/C22H28N4O2S2/c1-6-26(7-2)10-11-29-22-24-19(27)17-15(5)18(30-21(17)25-22)20(28)23-16-9-8-13(3)12-14(16)4/h8-9,12H,6-7,10-11H2,1-5H3,(H,23,28)(H,24,25,27). The maximum absolute atomic E-state index is 12.9. The number of aromatic amines is 1. The molecule has 0 saturated carbocycles. The Morgan fingerprint density at radius 3 is 2.63 bits per heavy atom. The normalized spacial score (nSPS) is 11.4. The Morgan fingerprint density at radius 2 is 1.97 bits per heavy atom. The molecule has 0 aliphatic rings. The second kappa shape index (κ2) is 9.76. The number of carbonyl (C=O) groups excluding carboxylic acids is 1. The Kier molecular flexibility index (Phi) is 7.33. The second-order valence-electron chi connectivity index (χ2n) is 7.26. The van der Waals surface area contributed by atoms with Crippen molar-refractivity contribution in [2.75, 3.05) is 30.7 Å². The largest absolute Gasteiger partial charge is 0.321 e. The Balaban J connectivity index is 1.83. The number of aryl methyl sites for hydroxylation is 3. The molecule has 0 saturated heterocycles. The highest BCUT2D eigenvalue weighted by molar-refractivity contribution is 7.99. The number of rotatable bonds is 8. The molecule has 0 spiro atoms. The Bertz CT molecular complexity index is 1120. The van der Waals surface area contributed by atoms with Crippen LogP contribution in [0.25, 0.3) is 10.2 Å². The zero-order valence-corrected chi connectivity index (χ0v) is 19.7. The molecule has 0 bridgehead atoms. The molecule has 0 aliphatic carbocycles. The van der Waals surface area contributed by atoms with Gasteiger partial charge in [0.05, 0.1) is 10.3 Å². The van der Waals surface area contributed by atoms with Gasteiger partial charge < -0.3 is 15.2 Å². The molecule has 6 nitrogen and oxygen atoms in total. The minimum atomic E-state index is -0.211. The van der Waals surface area contributed by atoms with Gasteiger partial charge >= 0.3 is 0 Å². The fourth-order valence-corrected chi connectivity index (χ4v) is 5.35. The number of thiophene rings is 1. The molecule has 0 fully saturated rings. The number of nitrogens with zero attached hydrogens (tertiary/aromatic N) is 2. The van der Waals surface area contributed by atoms with Crippen LogP contribution in [0.5, 0.6) is 0 Å². The van der Waals surface area contributed by atoms with Gasteiger partial charge in [0.2, 0.25) is 0 Å². The van der Waals surface area contributed by atoms with E-state index in [0.717, 1.165) is 42.2 Å². The highest BCUT2D eigenvalue weighted by atomic mass is 32.2. The van der Waals surface area contributed by atoms with Crippen LogP contribution in [0.1, 0.15) is 40.2 Å². The van der Waals surface area contributed by atoms with E-state index in [9.17, 15) is 9.59 Å². The van der Waals surface area contributed by atoms with Gasteiger partial charge in [-0.3, -0.25) is 9.59 Å². The van der Waals surface area contributed by atoms with Gasteiger partial charge in [-0.15, -0.1) is 11.3 Å². The Hall–Kier alpha value is -2.16. The summed E-state index contributed by atoms with van der Waals surface area (Å²) < 4.78 is 0. The molecule has 0 unspecified atom stereocenters. The van der Waals surface area contributed by atoms with E-state index in [1.807, 2.05) is 32.0 Å². The summed E-state index contributed by atoms with van der Waals surface area (Å²) in [6.07, 6.45) is 0. The number of thioether (sulfide) groups is 1. The number of hydrogen-bond acceptors (Lipinski definition) is 6. The van der Waals surface area contributed by atoms with Crippen molar-refractivity contribution in [2.45, 2.75) is 39.8 Å². The molecule has 0 atom stereocenters. The molecule has 160 valence electrons. The molecule has 8 heteroatoms. The summed E-state index contributed by atoms with van der Waals surface area (Å²) >= 11 is 2.81. The van der Waals surface area contributed by atoms with Crippen molar-refractivity contribution in [3.63, 3.8) is 0 Å². The summed E-state index contributed by atoms with van der Waals surface area (Å²) in [5.74, 6) is 0.637. The number of nitrogens with one attached hydrogen (secondary N) is 2. The summed E-state index contributed by atoms with van der Waals surface area (Å²) in [4.78, 5) is 36.5. The first kappa shape index (κ1) is 22.5. The summed E-state index contributed by atoms with van der Waals surface area (Å²) in [6, 6.07) is 5.90. The number of carbonyl (C=O) groups is 1. The quantitative estimate of drug-likeness (QED) is 0.392. The monoisotopic (exact) mass is 444 g/mol. The topological polar surface area (TPSA) is 78.1 Å². The number of benzene rings is 1. The van der Waals surface area contributed by atoms with Crippen LogP contribution in [0.4, 0.5) is 5.69 Å². The lowest BCUT2D eigenvalue weighted by Crippen LogP contribution is -2.25. The lowest BCUT2D eigenvalue weighted by atomic mass is 10.1. The first-order valence-electron chi connectivity index (χ1n) is 10.1. The van der Waals surface area contributed by atoms with E-state index in [-0.39, 0.29) is 11.5 Å². The molecule has 3 rings (SSSR count). The summed E-state index contributed by atoms with van der Waals surface area (Å²) in [5.41, 5.74) is 3.41. The van der Waals surface area contributed by atoms with Crippen molar-refractivity contribution in [3.05, 3.63) is 50.1 Å². The fourth-order valence-electron chi connectivity index (χ4n) is 3.35. The second-order valence-corrected chi connectivity index (χ2v) is 9.34. The third-order valence-corrected chi connectivity index (χ3v) is 7.19. The highest BCUT2D eigenvalue weighted by Crippen LogP contribution is 2.29. The molecule has 0 aliphatic heterocycles. The van der Waals surface area contributed by atoms with Crippen LogP contribution in [-0.4, -0.2) is 46.2 Å². The van der Waals surface area contributed by atoms with Crippen LogP contribution in [-0.2, 0) is 0 Å². The van der Waals surface area contributed by atoms with E-state index in [1.54, 1.807) is 6.92 Å². The van der Waals surface area contributed by atoms with Crippen LogP contribution < -0.4 is 10.9 Å². The number of H-pyrrole nitrogens is 1. The third kappa shape index (κ3) is 4.94. The van der Waals surface area contributed by atoms with Crippen molar-refractivity contribution >= 4 is 44.9 Å². The molecule has 1 amide bonds. The van der Waals surface area contributed by atoms with Crippen LogP contribution >= 0.6 is 23.1 Å². The van der Waals surface area contributed by atoms with Gasteiger partial charge in [0.15, 0.2) is 5.16 Å². The van der Waals surface area contributed by atoms with Gasteiger partial charge in [0, 0.05) is 18.0 Å². The lowest BCUT2D eigenvalue weighted by Gasteiger charge is -2.16. The van der Waals surface area contributed by atoms with E-state index in [1.165, 1.54) is 23.1 Å². The molecular formula is C22H28N4O2S2. The number of aromatic nitrogens is 2. The van der Waals surface area contributed by atoms with Gasteiger partial charge in [-0.05, 0) is 51.1 Å². The summed E-state index contributed by atoms with van der Waals surface area (Å²) in [5, 5.41) is 4.07. The number of hydrogen-bond donors (Lipinski definition) is 2. The van der Waals surface area contributed by atoms with E-state index >= 15 is 0 Å². The van der Waals surface area contributed by atoms with Gasteiger partial charge in [-0.25, -0.2) is 4.98 Å². The average molecular weight is 445 g/mol. The van der Waals surface area contributed by atoms with E-state index < -0.39 is 0 Å². The van der Waals surface area contributed by atoms with Crippen molar-refractivity contribution in [1.82, 2.24) is 14.9 Å². The predicted molar refractivity (Wildman–Crippen MR) is 127 cm³/mol. The van der Waals surface area contributed by atoms with Crippen molar-refractivity contribution in [3.8, 4) is 0 Å². The zero-order valence-electron chi connectivity index (χ0n) is 18.1. The molecule has 2 N–H and O–H groups in total. The predicted octanol–water partition coefficient (Wildman–Crippen LogP) is 4.60. The average Bonchev–Trinajstić information content (AvgIpc) is 3.04. The van der Waals surface area contributed by atoms with Crippen molar-refractivity contribution in [1.29, 1.82) is 0 Å². The molecular weight excluding hydrogens is 416 g/mol. The van der Waals surface area contributed by atoms with Gasteiger partial charge in [-0.2, -0.15) is 0 Å². The van der Waals surface area contributed by atoms with E-state index in [2.05, 4.69) is 34.0 Å². The minimum absolute atomic E-state index is 0.190. The van der Waals surface area contributed by atoms with Gasteiger partial charge in [0.25, 0.3) is 11.5 Å². The van der Waals surface area contributed by atoms with Crippen LogP contribution in [0.3, 0.4) is 0 Å². The third-order valence-electron chi connectivity index (χ3n) is 5.16. The first-order valence-corrected chi connectivity index (χ1v) is 11.9. The smallest absolute Gasteiger partial charge is 0.266 e. The molecule has 2 aromatic heterocycles. The first-order chi connectivity index (χ1) is 14.3. The van der Waals surface area contributed by atoms with Gasteiger partial charge in [0.1, 0.15) is 4.83 Å². The van der Waals surface area contributed by atoms with Crippen molar-refractivity contribution in [2.24, 2.45) is 0 Å². The van der Waals surface area contributed by atoms with Crippen LogP contribution in [0.15, 0.2) is 28.2 Å². The summed E-state index contributed by atoms with van der Waals surface area (Å²) in [6.45, 7) is 13.0. The molecule has 2 heterocycles.